The number of aryl methyl sites for hydroxylation is 2. The van der Waals surface area contributed by atoms with Gasteiger partial charge in [0.05, 0.1) is 29.8 Å². The molecule has 4 rings (SSSR count). The standard InChI is InChI=1S/C22H18F3N7O/c1-13-3-5-15(6-4-13)16-7-17(20(33)28-12-18-11-26-14(2)10-27-18)9-19(8-16)32-21(22(23,24)25)29-30-31-32/h3-11H,12H2,1-2H3,(H,28,33). The Morgan fingerprint density at radius 3 is 2.42 bits per heavy atom. The lowest BCUT2D eigenvalue weighted by Gasteiger charge is -2.12. The monoisotopic (exact) mass is 453 g/mol. The molecule has 0 aliphatic rings. The molecular weight excluding hydrogens is 435 g/mol. The summed E-state index contributed by atoms with van der Waals surface area (Å²) in [7, 11) is 0. The minimum atomic E-state index is -4.77. The molecule has 0 aliphatic carbocycles. The molecule has 0 radical (unpaired) electrons. The van der Waals surface area contributed by atoms with Crippen molar-refractivity contribution in [3.05, 3.63) is 83.2 Å². The van der Waals surface area contributed by atoms with Crippen molar-refractivity contribution in [3.8, 4) is 16.8 Å². The predicted molar refractivity (Wildman–Crippen MR) is 112 cm³/mol. The number of tetrazole rings is 1. The van der Waals surface area contributed by atoms with Crippen molar-refractivity contribution in [2.45, 2.75) is 26.6 Å². The van der Waals surface area contributed by atoms with E-state index in [1.165, 1.54) is 12.1 Å². The van der Waals surface area contributed by atoms with Crippen LogP contribution < -0.4 is 5.32 Å². The van der Waals surface area contributed by atoms with Gasteiger partial charge in [0.1, 0.15) is 0 Å². The van der Waals surface area contributed by atoms with Crippen LogP contribution in [0.15, 0.2) is 54.9 Å². The summed E-state index contributed by atoms with van der Waals surface area (Å²) in [6.45, 7) is 3.82. The van der Waals surface area contributed by atoms with Crippen LogP contribution in [0.2, 0.25) is 0 Å². The molecule has 2 aromatic carbocycles. The summed E-state index contributed by atoms with van der Waals surface area (Å²) in [6.07, 6.45) is -1.65. The summed E-state index contributed by atoms with van der Waals surface area (Å²) in [6, 6.07) is 11.8. The minimum Gasteiger partial charge on any atom is -0.346 e. The summed E-state index contributed by atoms with van der Waals surface area (Å²) >= 11 is 0. The van der Waals surface area contributed by atoms with E-state index in [4.69, 9.17) is 0 Å². The molecule has 0 spiro atoms. The Labute approximate surface area is 186 Å². The number of hydrogen-bond donors (Lipinski definition) is 1. The molecule has 0 atom stereocenters. The smallest absolute Gasteiger partial charge is 0.346 e. The molecule has 4 aromatic rings. The molecular formula is C22H18F3N7O. The first kappa shape index (κ1) is 22.1. The molecule has 2 aromatic heterocycles. The maximum atomic E-state index is 13.4. The van der Waals surface area contributed by atoms with Crippen molar-refractivity contribution in [1.82, 2.24) is 35.5 Å². The van der Waals surface area contributed by atoms with E-state index >= 15 is 0 Å². The number of aromatic nitrogens is 6. The highest BCUT2D eigenvalue weighted by Gasteiger charge is 2.38. The number of rotatable bonds is 5. The van der Waals surface area contributed by atoms with E-state index in [1.807, 2.05) is 31.2 Å². The molecule has 168 valence electrons. The third-order valence-electron chi connectivity index (χ3n) is 4.80. The highest BCUT2D eigenvalue weighted by molar-refractivity contribution is 5.96. The Kier molecular flexibility index (Phi) is 5.86. The maximum absolute atomic E-state index is 13.4. The lowest BCUT2D eigenvalue weighted by Crippen LogP contribution is -2.24. The normalized spacial score (nSPS) is 11.4. The van der Waals surface area contributed by atoms with Crippen LogP contribution >= 0.6 is 0 Å². The van der Waals surface area contributed by atoms with E-state index in [1.54, 1.807) is 25.4 Å². The van der Waals surface area contributed by atoms with Crippen LogP contribution in [-0.2, 0) is 12.7 Å². The predicted octanol–water partition coefficient (Wildman–Crippen LogP) is 3.68. The quantitative estimate of drug-likeness (QED) is 0.495. The molecule has 0 aliphatic heterocycles. The van der Waals surface area contributed by atoms with Gasteiger partial charge in [0.2, 0.25) is 0 Å². The van der Waals surface area contributed by atoms with Crippen LogP contribution in [0.5, 0.6) is 0 Å². The number of alkyl halides is 3. The van der Waals surface area contributed by atoms with E-state index in [2.05, 4.69) is 30.8 Å². The summed E-state index contributed by atoms with van der Waals surface area (Å²) in [5, 5.41) is 12.5. The zero-order valence-corrected chi connectivity index (χ0v) is 17.6. The Hall–Kier alpha value is -4.15. The number of nitrogens with zero attached hydrogens (tertiary/aromatic N) is 6. The van der Waals surface area contributed by atoms with Crippen molar-refractivity contribution in [2.75, 3.05) is 0 Å². The fourth-order valence-corrected chi connectivity index (χ4v) is 3.10. The number of amides is 1. The summed E-state index contributed by atoms with van der Waals surface area (Å²) < 4.78 is 40.7. The van der Waals surface area contributed by atoms with Gasteiger partial charge < -0.3 is 5.32 Å². The van der Waals surface area contributed by atoms with Gasteiger partial charge in [-0.05, 0) is 53.6 Å². The van der Waals surface area contributed by atoms with E-state index in [-0.39, 0.29) is 17.8 Å². The third kappa shape index (κ3) is 5.03. The highest BCUT2D eigenvalue weighted by Crippen LogP contribution is 2.30. The Bertz CT molecular complexity index is 1280. The maximum Gasteiger partial charge on any atom is 0.453 e. The van der Waals surface area contributed by atoms with Gasteiger partial charge in [0, 0.05) is 11.8 Å². The first-order valence-corrected chi connectivity index (χ1v) is 9.84. The molecule has 0 fully saturated rings. The van der Waals surface area contributed by atoms with Crippen molar-refractivity contribution < 1.29 is 18.0 Å². The first-order chi connectivity index (χ1) is 15.7. The van der Waals surface area contributed by atoms with Crippen LogP contribution in [0.3, 0.4) is 0 Å². The second-order valence-corrected chi connectivity index (χ2v) is 7.38. The molecule has 11 heteroatoms. The van der Waals surface area contributed by atoms with Crippen molar-refractivity contribution in [3.63, 3.8) is 0 Å². The average Bonchev–Trinajstić information content (AvgIpc) is 3.29. The highest BCUT2D eigenvalue weighted by atomic mass is 19.4. The van der Waals surface area contributed by atoms with Crippen molar-refractivity contribution in [1.29, 1.82) is 0 Å². The molecule has 2 heterocycles. The van der Waals surface area contributed by atoms with Crippen LogP contribution in [-0.4, -0.2) is 36.1 Å². The number of carbonyl (C=O) groups excluding carboxylic acids is 1. The van der Waals surface area contributed by atoms with Crippen LogP contribution in [0.1, 0.15) is 33.1 Å². The van der Waals surface area contributed by atoms with Gasteiger partial charge in [0.25, 0.3) is 11.7 Å². The van der Waals surface area contributed by atoms with Crippen LogP contribution in [0.4, 0.5) is 13.2 Å². The van der Waals surface area contributed by atoms with Gasteiger partial charge in [-0.1, -0.05) is 29.8 Å². The van der Waals surface area contributed by atoms with E-state index in [0.717, 1.165) is 16.8 Å². The zero-order valence-electron chi connectivity index (χ0n) is 17.6. The average molecular weight is 453 g/mol. The minimum absolute atomic E-state index is 0.00526. The van der Waals surface area contributed by atoms with E-state index in [0.29, 0.717) is 15.9 Å². The van der Waals surface area contributed by atoms with E-state index in [9.17, 15) is 18.0 Å². The van der Waals surface area contributed by atoms with Crippen LogP contribution in [0.25, 0.3) is 16.8 Å². The molecule has 8 nitrogen and oxygen atoms in total. The number of benzene rings is 2. The zero-order chi connectivity index (χ0) is 23.6. The van der Waals surface area contributed by atoms with Gasteiger partial charge in [-0.15, -0.1) is 5.10 Å². The summed E-state index contributed by atoms with van der Waals surface area (Å²) in [5.41, 5.74) is 3.72. The summed E-state index contributed by atoms with van der Waals surface area (Å²) in [4.78, 5) is 21.2. The van der Waals surface area contributed by atoms with Gasteiger partial charge >= 0.3 is 6.18 Å². The molecule has 1 N–H and O–H groups in total. The largest absolute Gasteiger partial charge is 0.453 e. The molecule has 0 unspecified atom stereocenters. The van der Waals surface area contributed by atoms with Gasteiger partial charge in [-0.2, -0.15) is 17.9 Å². The van der Waals surface area contributed by atoms with Gasteiger partial charge in [-0.3, -0.25) is 14.8 Å². The lowest BCUT2D eigenvalue weighted by atomic mass is 10.0. The second-order valence-electron chi connectivity index (χ2n) is 7.38. The van der Waals surface area contributed by atoms with Crippen molar-refractivity contribution in [2.24, 2.45) is 0 Å². The van der Waals surface area contributed by atoms with Crippen LogP contribution in [0, 0.1) is 13.8 Å². The number of carbonyl (C=O) groups is 1. The molecule has 0 saturated carbocycles. The second kappa shape index (κ2) is 8.77. The third-order valence-corrected chi connectivity index (χ3v) is 4.80. The van der Waals surface area contributed by atoms with Crippen molar-refractivity contribution >= 4 is 5.91 Å². The number of halogens is 3. The fraction of sp³-hybridized carbons (Fsp3) is 0.182. The van der Waals surface area contributed by atoms with Gasteiger partial charge in [-0.25, -0.2) is 0 Å². The molecule has 0 bridgehead atoms. The molecule has 33 heavy (non-hydrogen) atoms. The Morgan fingerprint density at radius 2 is 1.76 bits per heavy atom. The Morgan fingerprint density at radius 1 is 1.00 bits per heavy atom. The van der Waals surface area contributed by atoms with Gasteiger partial charge in [0.15, 0.2) is 0 Å². The first-order valence-electron chi connectivity index (χ1n) is 9.84. The number of hydrogen-bond acceptors (Lipinski definition) is 6. The topological polar surface area (TPSA) is 98.5 Å². The summed E-state index contributed by atoms with van der Waals surface area (Å²) in [5.74, 6) is -1.78. The molecule has 1 amide bonds. The van der Waals surface area contributed by atoms with E-state index < -0.39 is 17.9 Å². The fourth-order valence-electron chi connectivity index (χ4n) is 3.10. The SMILES string of the molecule is Cc1ccc(-c2cc(C(=O)NCc3cnc(C)cn3)cc(-n3nnnc3C(F)(F)F)c2)cc1. The molecule has 0 saturated heterocycles. The number of nitrogens with one attached hydrogen (secondary N) is 1. The Balaban J connectivity index is 1.73. The lowest BCUT2D eigenvalue weighted by molar-refractivity contribution is -0.146.